The molecular weight excluding hydrogens is 402 g/mol. The van der Waals surface area contributed by atoms with Gasteiger partial charge in [0.2, 0.25) is 5.75 Å². The van der Waals surface area contributed by atoms with Crippen molar-refractivity contribution in [3.05, 3.63) is 27.8 Å². The number of rotatable bonds is 5. The van der Waals surface area contributed by atoms with Gasteiger partial charge < -0.3 is 15.2 Å². The van der Waals surface area contributed by atoms with Crippen molar-refractivity contribution in [2.75, 3.05) is 33.3 Å². The number of piperazine rings is 1. The third kappa shape index (κ3) is 6.04. The molecule has 0 radical (unpaired) electrons. The van der Waals surface area contributed by atoms with Crippen molar-refractivity contribution in [2.45, 2.75) is 18.6 Å². The van der Waals surface area contributed by atoms with Crippen LogP contribution >= 0.6 is 24.8 Å². The van der Waals surface area contributed by atoms with Crippen LogP contribution in [-0.4, -0.2) is 54.4 Å². The highest BCUT2D eigenvalue weighted by Crippen LogP contribution is 2.42. The zero-order valence-corrected chi connectivity index (χ0v) is 15.4. The molecule has 0 aliphatic carbocycles. The van der Waals surface area contributed by atoms with Gasteiger partial charge in [0.25, 0.3) is 0 Å². The maximum Gasteiger partial charge on any atom is 0.390 e. The Kier molecular flexibility index (Phi) is 9.43. The van der Waals surface area contributed by atoms with E-state index in [9.17, 15) is 28.4 Å². The largest absolute Gasteiger partial charge is 0.500 e. The summed E-state index contributed by atoms with van der Waals surface area (Å²) in [5.41, 5.74) is -0.581. The molecule has 0 saturated carbocycles. The SMILES string of the molecule is COc1cc([C@@H](CC(F)(F)F)N2CCNCC2)cc([N+](=O)[O-])c1O.Cl.Cl. The molecule has 1 aliphatic rings. The van der Waals surface area contributed by atoms with Crippen molar-refractivity contribution in [2.24, 2.45) is 0 Å². The number of nitrogens with zero attached hydrogens (tertiary/aromatic N) is 2. The summed E-state index contributed by atoms with van der Waals surface area (Å²) in [5.74, 6) is -0.918. The molecule has 0 bridgehead atoms. The van der Waals surface area contributed by atoms with Gasteiger partial charge in [0.05, 0.1) is 18.5 Å². The number of nitrogens with one attached hydrogen (secondary N) is 1. The fourth-order valence-electron chi connectivity index (χ4n) is 2.77. The van der Waals surface area contributed by atoms with Crippen LogP contribution in [0.5, 0.6) is 11.5 Å². The maximum absolute atomic E-state index is 13.0. The Morgan fingerprint density at radius 1 is 1.35 bits per heavy atom. The van der Waals surface area contributed by atoms with Crippen LogP contribution in [-0.2, 0) is 0 Å². The van der Waals surface area contributed by atoms with Crippen molar-refractivity contribution in [1.82, 2.24) is 10.2 Å². The summed E-state index contributed by atoms with van der Waals surface area (Å²) in [5, 5.41) is 23.9. The van der Waals surface area contributed by atoms with Crippen LogP contribution in [0.25, 0.3) is 0 Å². The molecule has 0 amide bonds. The lowest BCUT2D eigenvalue weighted by Gasteiger charge is -2.35. The summed E-state index contributed by atoms with van der Waals surface area (Å²) >= 11 is 0. The first-order valence-corrected chi connectivity index (χ1v) is 7.29. The van der Waals surface area contributed by atoms with E-state index in [4.69, 9.17) is 4.74 Å². The van der Waals surface area contributed by atoms with Crippen LogP contribution in [0.3, 0.4) is 0 Å². The number of benzene rings is 1. The smallest absolute Gasteiger partial charge is 0.390 e. The van der Waals surface area contributed by atoms with Gasteiger partial charge in [-0.2, -0.15) is 13.2 Å². The summed E-state index contributed by atoms with van der Waals surface area (Å²) in [6.45, 7) is 1.84. The number of hydrogen-bond acceptors (Lipinski definition) is 6. The highest BCUT2D eigenvalue weighted by Gasteiger charge is 2.37. The van der Waals surface area contributed by atoms with E-state index in [1.54, 1.807) is 4.90 Å². The van der Waals surface area contributed by atoms with Gasteiger partial charge in [-0.15, -0.1) is 24.8 Å². The van der Waals surface area contributed by atoms with E-state index in [1.165, 1.54) is 13.2 Å². The third-order valence-corrected chi connectivity index (χ3v) is 3.90. The number of nitro groups is 1. The first kappa shape index (κ1) is 24.5. The van der Waals surface area contributed by atoms with Gasteiger partial charge in [-0.1, -0.05) is 0 Å². The molecule has 1 saturated heterocycles. The minimum atomic E-state index is -4.44. The maximum atomic E-state index is 13.0. The predicted octanol–water partition coefficient (Wildman–Crippen LogP) is 3.05. The first-order valence-electron chi connectivity index (χ1n) is 7.29. The highest BCUT2D eigenvalue weighted by molar-refractivity contribution is 5.85. The Morgan fingerprint density at radius 2 is 1.92 bits per heavy atom. The second-order valence-electron chi connectivity index (χ2n) is 5.47. The number of nitro benzene ring substituents is 1. The quantitative estimate of drug-likeness (QED) is 0.561. The van der Waals surface area contributed by atoms with Crippen LogP contribution in [0.1, 0.15) is 18.0 Å². The molecule has 1 heterocycles. The monoisotopic (exact) mass is 421 g/mol. The molecule has 1 aliphatic heterocycles. The highest BCUT2D eigenvalue weighted by atomic mass is 35.5. The van der Waals surface area contributed by atoms with E-state index < -0.39 is 35.0 Å². The summed E-state index contributed by atoms with van der Waals surface area (Å²) in [6.07, 6.45) is -5.58. The molecule has 150 valence electrons. The Balaban J connectivity index is 0.00000312. The Hall–Kier alpha value is -1.49. The zero-order valence-electron chi connectivity index (χ0n) is 13.8. The van der Waals surface area contributed by atoms with Crippen LogP contribution < -0.4 is 10.1 Å². The molecule has 26 heavy (non-hydrogen) atoms. The average molecular weight is 422 g/mol. The van der Waals surface area contributed by atoms with E-state index >= 15 is 0 Å². The number of phenols is 1. The number of phenolic OH excluding ortho intramolecular Hbond substituents is 1. The van der Waals surface area contributed by atoms with Gasteiger partial charge in [0, 0.05) is 38.3 Å². The third-order valence-electron chi connectivity index (χ3n) is 3.90. The van der Waals surface area contributed by atoms with E-state index in [0.717, 1.165) is 6.07 Å². The van der Waals surface area contributed by atoms with Gasteiger partial charge in [-0.3, -0.25) is 15.0 Å². The Bertz CT molecular complexity index is 614. The molecule has 0 spiro atoms. The van der Waals surface area contributed by atoms with Crippen LogP contribution in [0, 0.1) is 10.1 Å². The van der Waals surface area contributed by atoms with Gasteiger partial charge in [-0.25, -0.2) is 0 Å². The summed E-state index contributed by atoms with van der Waals surface area (Å²) in [7, 11) is 1.19. The lowest BCUT2D eigenvalue weighted by molar-refractivity contribution is -0.386. The fraction of sp³-hybridized carbons (Fsp3) is 0.571. The van der Waals surface area contributed by atoms with Crippen molar-refractivity contribution in [3.8, 4) is 11.5 Å². The Morgan fingerprint density at radius 3 is 2.38 bits per heavy atom. The standard InChI is InChI=1S/C14H18F3N3O4.2ClH/c1-24-12-7-9(6-10(13(12)21)20(22)23)11(8-14(15,16)17)19-4-2-18-3-5-19;;/h6-7,11,18,21H,2-5,8H2,1H3;2*1H/t11-;;/m1../s1. The van der Waals surface area contributed by atoms with Crippen LogP contribution in [0.4, 0.5) is 18.9 Å². The molecule has 0 aromatic heterocycles. The van der Waals surface area contributed by atoms with Crippen molar-refractivity contribution in [1.29, 1.82) is 0 Å². The van der Waals surface area contributed by atoms with E-state index in [1.807, 2.05) is 0 Å². The van der Waals surface area contributed by atoms with Gasteiger partial charge in [0.15, 0.2) is 5.75 Å². The van der Waals surface area contributed by atoms with Crippen molar-refractivity contribution in [3.63, 3.8) is 0 Å². The van der Waals surface area contributed by atoms with Crippen LogP contribution in [0.15, 0.2) is 12.1 Å². The molecule has 2 rings (SSSR count). The fourth-order valence-corrected chi connectivity index (χ4v) is 2.77. The summed E-state index contributed by atoms with van der Waals surface area (Å²) < 4.78 is 43.9. The summed E-state index contributed by atoms with van der Waals surface area (Å²) in [6, 6.07) is 1.12. The minimum Gasteiger partial charge on any atom is -0.500 e. The number of hydrogen-bond donors (Lipinski definition) is 2. The summed E-state index contributed by atoms with van der Waals surface area (Å²) in [4.78, 5) is 11.9. The number of alkyl halides is 3. The van der Waals surface area contributed by atoms with E-state index in [0.29, 0.717) is 26.2 Å². The lowest BCUT2D eigenvalue weighted by atomic mass is 9.99. The number of halogens is 5. The molecule has 1 fully saturated rings. The number of ether oxygens (including phenoxy) is 1. The number of aromatic hydroxyl groups is 1. The Labute approximate surface area is 160 Å². The van der Waals surface area contributed by atoms with E-state index in [2.05, 4.69) is 5.32 Å². The topological polar surface area (TPSA) is 87.9 Å². The molecule has 1 aromatic carbocycles. The van der Waals surface area contributed by atoms with E-state index in [-0.39, 0.29) is 36.1 Å². The lowest BCUT2D eigenvalue weighted by Crippen LogP contribution is -2.46. The molecule has 12 heteroatoms. The molecule has 1 atom stereocenters. The average Bonchev–Trinajstić information content (AvgIpc) is 2.52. The number of methoxy groups -OCH3 is 1. The van der Waals surface area contributed by atoms with Gasteiger partial charge in [-0.05, 0) is 11.6 Å². The molecule has 7 nitrogen and oxygen atoms in total. The second-order valence-corrected chi connectivity index (χ2v) is 5.47. The zero-order chi connectivity index (χ0) is 17.9. The predicted molar refractivity (Wildman–Crippen MR) is 93.7 cm³/mol. The first-order chi connectivity index (χ1) is 11.2. The second kappa shape index (κ2) is 10.0. The van der Waals surface area contributed by atoms with Crippen molar-refractivity contribution < 1.29 is 27.9 Å². The van der Waals surface area contributed by atoms with Gasteiger partial charge in [0.1, 0.15) is 0 Å². The van der Waals surface area contributed by atoms with Gasteiger partial charge >= 0.3 is 11.9 Å². The molecular formula is C14H20Cl2F3N3O4. The normalized spacial score (nSPS) is 16.2. The van der Waals surface area contributed by atoms with Crippen molar-refractivity contribution >= 4 is 30.5 Å². The minimum absolute atomic E-state index is 0. The molecule has 2 N–H and O–H groups in total. The molecule has 0 unspecified atom stereocenters. The molecule has 1 aromatic rings. The van der Waals surface area contributed by atoms with Crippen LogP contribution in [0.2, 0.25) is 0 Å².